The van der Waals surface area contributed by atoms with Gasteiger partial charge in [-0.1, -0.05) is 15.9 Å². The van der Waals surface area contributed by atoms with Crippen LogP contribution in [0.1, 0.15) is 17.1 Å². The van der Waals surface area contributed by atoms with E-state index < -0.39 is 0 Å². The van der Waals surface area contributed by atoms with Crippen LogP contribution in [0.5, 0.6) is 5.75 Å². The average molecular weight is 292 g/mol. The highest BCUT2D eigenvalue weighted by atomic mass is 79.9. The number of hydrogen-bond donors (Lipinski definition) is 0. The molecule has 0 aliphatic heterocycles. The first-order valence-electron chi connectivity index (χ1n) is 5.07. The number of ether oxygens (including phenoxy) is 1. The molecule has 0 radical (unpaired) electrons. The minimum Gasteiger partial charge on any atom is -0.484 e. The second kappa shape index (κ2) is 5.07. The number of benzene rings is 1. The minimum atomic E-state index is 0.324. The summed E-state index contributed by atoms with van der Waals surface area (Å²) < 4.78 is 11.8. The van der Waals surface area contributed by atoms with Gasteiger partial charge in [0.05, 0.1) is 5.56 Å². The Balaban J connectivity index is 2.12. The van der Waals surface area contributed by atoms with Crippen LogP contribution in [0.25, 0.3) is 0 Å². The number of furan rings is 1. The van der Waals surface area contributed by atoms with Gasteiger partial charge in [0.15, 0.2) is 0 Å². The number of hydrogen-bond acceptors (Lipinski definition) is 3. The first-order chi connectivity index (χ1) is 8.19. The fourth-order valence-corrected chi connectivity index (χ4v) is 1.79. The van der Waals surface area contributed by atoms with Crippen LogP contribution in [-0.2, 0) is 6.61 Å². The first-order valence-corrected chi connectivity index (χ1v) is 5.86. The smallest absolute Gasteiger partial charge is 0.146 e. The summed E-state index contributed by atoms with van der Waals surface area (Å²) >= 11 is 3.31. The number of aryl methyl sites for hydroxylation is 1. The van der Waals surface area contributed by atoms with Crippen molar-refractivity contribution in [3.63, 3.8) is 0 Å². The molecular formula is C13H10BrNO2. The second-order valence-corrected chi connectivity index (χ2v) is 4.47. The van der Waals surface area contributed by atoms with E-state index in [9.17, 15) is 0 Å². The van der Waals surface area contributed by atoms with Crippen molar-refractivity contribution < 1.29 is 9.15 Å². The third kappa shape index (κ3) is 2.89. The lowest BCUT2D eigenvalue weighted by Crippen LogP contribution is -1.95. The monoisotopic (exact) mass is 291 g/mol. The molecule has 2 rings (SSSR count). The van der Waals surface area contributed by atoms with Crippen LogP contribution in [0.15, 0.2) is 39.2 Å². The summed E-state index contributed by atoms with van der Waals surface area (Å²) in [5.41, 5.74) is 0.502. The van der Waals surface area contributed by atoms with Gasteiger partial charge in [0.2, 0.25) is 0 Å². The van der Waals surface area contributed by atoms with Crippen LogP contribution in [-0.4, -0.2) is 0 Å². The fraction of sp³-hybridized carbons (Fsp3) is 0.154. The molecule has 1 aromatic carbocycles. The Labute approximate surface area is 108 Å². The standard InChI is InChI=1S/C13H10BrNO2/c1-9-2-4-12(17-9)8-16-13-5-3-11(14)6-10(13)7-15/h2-6H,8H2,1H3. The summed E-state index contributed by atoms with van der Waals surface area (Å²) in [4.78, 5) is 0. The maximum atomic E-state index is 8.97. The molecule has 0 spiro atoms. The molecule has 0 atom stereocenters. The van der Waals surface area contributed by atoms with Gasteiger partial charge in [0.1, 0.15) is 29.9 Å². The minimum absolute atomic E-state index is 0.324. The predicted molar refractivity (Wildman–Crippen MR) is 66.6 cm³/mol. The summed E-state index contributed by atoms with van der Waals surface area (Å²) in [5.74, 6) is 2.15. The molecule has 0 aliphatic carbocycles. The van der Waals surface area contributed by atoms with Crippen LogP contribution in [0.2, 0.25) is 0 Å². The van der Waals surface area contributed by atoms with Gasteiger partial charge in [0.25, 0.3) is 0 Å². The molecule has 0 N–H and O–H groups in total. The molecule has 86 valence electrons. The maximum Gasteiger partial charge on any atom is 0.146 e. The molecule has 0 saturated heterocycles. The van der Waals surface area contributed by atoms with E-state index in [1.54, 1.807) is 12.1 Å². The third-order valence-corrected chi connectivity index (χ3v) is 2.72. The van der Waals surface area contributed by atoms with Crippen molar-refractivity contribution in [1.29, 1.82) is 5.26 Å². The molecule has 0 bridgehead atoms. The average Bonchev–Trinajstić information content (AvgIpc) is 2.73. The lowest BCUT2D eigenvalue weighted by Gasteiger charge is -2.06. The Morgan fingerprint density at radius 3 is 2.82 bits per heavy atom. The quantitative estimate of drug-likeness (QED) is 0.864. The molecule has 4 heteroatoms. The van der Waals surface area contributed by atoms with E-state index in [1.165, 1.54) is 0 Å². The second-order valence-electron chi connectivity index (χ2n) is 3.55. The van der Waals surface area contributed by atoms with Crippen LogP contribution in [0, 0.1) is 18.3 Å². The summed E-state index contributed by atoms with van der Waals surface area (Å²) in [6.45, 7) is 2.20. The first kappa shape index (κ1) is 11.7. The zero-order valence-electron chi connectivity index (χ0n) is 9.24. The van der Waals surface area contributed by atoms with E-state index in [0.29, 0.717) is 17.9 Å². The van der Waals surface area contributed by atoms with Gasteiger partial charge in [-0.05, 0) is 37.3 Å². The highest BCUT2D eigenvalue weighted by molar-refractivity contribution is 9.10. The maximum absolute atomic E-state index is 8.97. The van der Waals surface area contributed by atoms with Crippen molar-refractivity contribution in [3.05, 3.63) is 51.9 Å². The van der Waals surface area contributed by atoms with Crippen molar-refractivity contribution in [1.82, 2.24) is 0 Å². The third-order valence-electron chi connectivity index (χ3n) is 2.23. The van der Waals surface area contributed by atoms with Crippen molar-refractivity contribution in [2.24, 2.45) is 0 Å². The van der Waals surface area contributed by atoms with E-state index in [2.05, 4.69) is 22.0 Å². The summed E-state index contributed by atoms with van der Waals surface area (Å²) in [7, 11) is 0. The zero-order valence-corrected chi connectivity index (χ0v) is 10.8. The zero-order chi connectivity index (χ0) is 12.3. The molecule has 0 aliphatic rings. The van der Waals surface area contributed by atoms with Gasteiger partial charge in [-0.15, -0.1) is 0 Å². The van der Waals surface area contributed by atoms with Crippen molar-refractivity contribution in [2.45, 2.75) is 13.5 Å². The predicted octanol–water partition coefficient (Wildman–Crippen LogP) is 3.80. The molecule has 1 aromatic heterocycles. The van der Waals surface area contributed by atoms with Crippen LogP contribution >= 0.6 is 15.9 Å². The van der Waals surface area contributed by atoms with Gasteiger partial charge < -0.3 is 9.15 Å². The Morgan fingerprint density at radius 1 is 1.35 bits per heavy atom. The van der Waals surface area contributed by atoms with Crippen molar-refractivity contribution >= 4 is 15.9 Å². The molecule has 3 nitrogen and oxygen atoms in total. The van der Waals surface area contributed by atoms with Gasteiger partial charge in [-0.3, -0.25) is 0 Å². The Bertz CT molecular complexity index is 569. The molecule has 0 fully saturated rings. The molecule has 0 saturated carbocycles. The van der Waals surface area contributed by atoms with E-state index in [0.717, 1.165) is 16.0 Å². The molecule has 0 unspecified atom stereocenters. The lowest BCUT2D eigenvalue weighted by atomic mass is 10.2. The summed E-state index contributed by atoms with van der Waals surface area (Å²) in [6.07, 6.45) is 0. The van der Waals surface area contributed by atoms with Crippen molar-refractivity contribution in [2.75, 3.05) is 0 Å². The Kier molecular flexibility index (Phi) is 3.50. The van der Waals surface area contributed by atoms with Crippen LogP contribution in [0.3, 0.4) is 0 Å². The highest BCUT2D eigenvalue weighted by Gasteiger charge is 2.05. The molecule has 1 heterocycles. The normalized spacial score (nSPS) is 9.94. The number of nitriles is 1. The van der Waals surface area contributed by atoms with Gasteiger partial charge >= 0.3 is 0 Å². The summed E-state index contributed by atoms with van der Waals surface area (Å²) in [5, 5.41) is 8.97. The van der Waals surface area contributed by atoms with Gasteiger partial charge in [0, 0.05) is 4.47 Å². The van der Waals surface area contributed by atoms with E-state index in [4.69, 9.17) is 14.4 Å². The van der Waals surface area contributed by atoms with Crippen molar-refractivity contribution in [3.8, 4) is 11.8 Å². The van der Waals surface area contributed by atoms with Crippen LogP contribution in [0.4, 0.5) is 0 Å². The summed E-state index contributed by atoms with van der Waals surface area (Å²) in [6, 6.07) is 11.2. The van der Waals surface area contributed by atoms with Crippen LogP contribution < -0.4 is 4.74 Å². The lowest BCUT2D eigenvalue weighted by molar-refractivity contribution is 0.267. The highest BCUT2D eigenvalue weighted by Crippen LogP contribution is 2.23. The number of rotatable bonds is 3. The van der Waals surface area contributed by atoms with E-state index in [1.807, 2.05) is 25.1 Å². The SMILES string of the molecule is Cc1ccc(COc2ccc(Br)cc2C#N)o1. The Hall–Kier alpha value is -1.73. The molecule has 2 aromatic rings. The number of halogens is 1. The Morgan fingerprint density at radius 2 is 2.18 bits per heavy atom. The molecular weight excluding hydrogens is 282 g/mol. The van der Waals surface area contributed by atoms with Gasteiger partial charge in [-0.2, -0.15) is 5.26 Å². The van der Waals surface area contributed by atoms with E-state index in [-0.39, 0.29) is 0 Å². The molecule has 0 amide bonds. The topological polar surface area (TPSA) is 46.2 Å². The fourth-order valence-electron chi connectivity index (χ4n) is 1.43. The molecule has 17 heavy (non-hydrogen) atoms. The number of nitrogens with zero attached hydrogens (tertiary/aromatic N) is 1. The largest absolute Gasteiger partial charge is 0.484 e. The van der Waals surface area contributed by atoms with E-state index >= 15 is 0 Å². The van der Waals surface area contributed by atoms with Gasteiger partial charge in [-0.25, -0.2) is 0 Å².